The molecule has 1 saturated heterocycles. The van der Waals surface area contributed by atoms with Crippen molar-refractivity contribution in [2.75, 3.05) is 20.1 Å². The number of halogens is 1. The van der Waals surface area contributed by atoms with Gasteiger partial charge in [0.15, 0.2) is 0 Å². The van der Waals surface area contributed by atoms with Crippen LogP contribution in [0.5, 0.6) is 11.5 Å². The molecule has 27 heavy (non-hydrogen) atoms. The summed E-state index contributed by atoms with van der Waals surface area (Å²) in [6.45, 7) is 1.94. The number of rotatable bonds is 1. The van der Waals surface area contributed by atoms with Gasteiger partial charge in [-0.15, -0.1) is 0 Å². The summed E-state index contributed by atoms with van der Waals surface area (Å²) < 4.78 is 6.56. The molecule has 1 spiro atoms. The number of benzene rings is 2. The minimum absolute atomic E-state index is 0.117. The van der Waals surface area contributed by atoms with Crippen LogP contribution in [0.15, 0.2) is 47.6 Å². The van der Waals surface area contributed by atoms with Gasteiger partial charge in [0.05, 0.1) is 11.8 Å². The number of hydrazone groups is 1. The van der Waals surface area contributed by atoms with Crippen molar-refractivity contribution in [3.8, 4) is 11.5 Å². The van der Waals surface area contributed by atoms with E-state index in [-0.39, 0.29) is 11.8 Å². The Morgan fingerprint density at radius 3 is 2.78 bits per heavy atom. The van der Waals surface area contributed by atoms with Gasteiger partial charge in [0.1, 0.15) is 11.5 Å². The average Bonchev–Trinajstić information content (AvgIpc) is 3.13. The molecule has 0 aromatic heterocycles. The number of piperidine rings is 1. The lowest BCUT2D eigenvalue weighted by molar-refractivity contribution is -0.147. The number of aromatic hydroxyl groups is 1. The number of para-hydroxylation sites is 1. The summed E-state index contributed by atoms with van der Waals surface area (Å²) in [5, 5.41) is 18.1. The van der Waals surface area contributed by atoms with E-state index in [0.29, 0.717) is 10.6 Å². The third-order valence-corrected chi connectivity index (χ3v) is 6.18. The summed E-state index contributed by atoms with van der Waals surface area (Å²) in [6.07, 6.45) is 2.52. The topological polar surface area (TPSA) is 48.3 Å². The van der Waals surface area contributed by atoms with Gasteiger partial charge >= 0.3 is 0 Å². The molecular weight excluding hydrogens is 362 g/mol. The molecule has 2 aromatic carbocycles. The minimum Gasteiger partial charge on any atom is -0.507 e. The Morgan fingerprint density at radius 2 is 1.96 bits per heavy atom. The molecule has 5 rings (SSSR count). The zero-order valence-corrected chi connectivity index (χ0v) is 16.0. The van der Waals surface area contributed by atoms with Crippen molar-refractivity contribution in [2.45, 2.75) is 31.0 Å². The summed E-state index contributed by atoms with van der Waals surface area (Å²) in [4.78, 5) is 2.33. The quantitative estimate of drug-likeness (QED) is 0.808. The van der Waals surface area contributed by atoms with E-state index in [1.54, 1.807) is 18.2 Å². The van der Waals surface area contributed by atoms with E-state index in [1.807, 2.05) is 12.1 Å². The number of ether oxygens (including phenoxy) is 1. The van der Waals surface area contributed by atoms with Gasteiger partial charge in [-0.1, -0.05) is 29.8 Å². The molecular formula is C21H22ClN3O2. The standard InChI is InChI=1S/C21H22ClN3O2/c1-24-10-8-21(9-11-24)25-18(15-4-2-3-5-20(15)27-21)13-17(23-25)16-12-14(22)6-7-19(16)26/h2-7,12,18,26H,8-11,13H2,1H3/t18-/m1/s1. The first-order chi connectivity index (χ1) is 13.1. The number of phenolic OH excluding ortho intramolecular Hbond substituents is 1. The molecule has 1 N–H and O–H groups in total. The lowest BCUT2D eigenvalue weighted by atomic mass is 9.91. The van der Waals surface area contributed by atoms with Crippen LogP contribution < -0.4 is 4.74 Å². The van der Waals surface area contributed by atoms with Gasteiger partial charge in [0.2, 0.25) is 5.72 Å². The van der Waals surface area contributed by atoms with Crippen LogP contribution in [0, 0.1) is 0 Å². The molecule has 140 valence electrons. The summed E-state index contributed by atoms with van der Waals surface area (Å²) in [7, 11) is 2.14. The van der Waals surface area contributed by atoms with Gasteiger partial charge in [0, 0.05) is 48.5 Å². The second-order valence-corrected chi connectivity index (χ2v) is 8.10. The number of hydrogen-bond donors (Lipinski definition) is 1. The second-order valence-electron chi connectivity index (χ2n) is 7.66. The number of hydrogen-bond acceptors (Lipinski definition) is 5. The Hall–Kier alpha value is -2.24. The fourth-order valence-corrected chi connectivity index (χ4v) is 4.60. The van der Waals surface area contributed by atoms with Crippen molar-refractivity contribution < 1.29 is 9.84 Å². The lowest BCUT2D eigenvalue weighted by Gasteiger charge is -2.50. The Balaban J connectivity index is 1.60. The van der Waals surface area contributed by atoms with E-state index >= 15 is 0 Å². The van der Waals surface area contributed by atoms with E-state index in [1.165, 1.54) is 0 Å². The van der Waals surface area contributed by atoms with E-state index in [9.17, 15) is 5.11 Å². The third kappa shape index (κ3) is 2.68. The Bertz CT molecular complexity index is 921. The average molecular weight is 384 g/mol. The molecule has 0 amide bonds. The summed E-state index contributed by atoms with van der Waals surface area (Å²) in [6, 6.07) is 13.5. The summed E-state index contributed by atoms with van der Waals surface area (Å²) >= 11 is 6.18. The Morgan fingerprint density at radius 1 is 1.19 bits per heavy atom. The van der Waals surface area contributed by atoms with E-state index in [4.69, 9.17) is 21.4 Å². The zero-order valence-electron chi connectivity index (χ0n) is 15.2. The van der Waals surface area contributed by atoms with Gasteiger partial charge in [0.25, 0.3) is 0 Å². The molecule has 0 saturated carbocycles. The molecule has 0 unspecified atom stereocenters. The molecule has 5 nitrogen and oxygen atoms in total. The molecule has 3 aliphatic heterocycles. The monoisotopic (exact) mass is 383 g/mol. The number of fused-ring (bicyclic) bond motifs is 4. The molecule has 3 aliphatic rings. The minimum atomic E-state index is -0.429. The SMILES string of the molecule is CN1CCC2(CC1)Oc1ccccc1[C@H]1CC(c3cc(Cl)ccc3O)=NN12. The highest BCUT2D eigenvalue weighted by atomic mass is 35.5. The van der Waals surface area contributed by atoms with Gasteiger partial charge in [-0.25, -0.2) is 5.01 Å². The predicted octanol–water partition coefficient (Wildman–Crippen LogP) is 4.01. The molecule has 0 radical (unpaired) electrons. The van der Waals surface area contributed by atoms with Gasteiger partial charge in [-0.05, 0) is 31.3 Å². The number of likely N-dealkylation sites (tertiary alicyclic amines) is 1. The van der Waals surface area contributed by atoms with E-state index in [0.717, 1.165) is 49.4 Å². The molecule has 2 aromatic rings. The highest BCUT2D eigenvalue weighted by Crippen LogP contribution is 2.50. The first-order valence-electron chi connectivity index (χ1n) is 9.38. The zero-order chi connectivity index (χ0) is 18.6. The molecule has 3 heterocycles. The van der Waals surface area contributed by atoms with Gasteiger partial charge in [-0.2, -0.15) is 5.10 Å². The van der Waals surface area contributed by atoms with Crippen LogP contribution in [0.2, 0.25) is 5.02 Å². The van der Waals surface area contributed by atoms with E-state index in [2.05, 4.69) is 29.1 Å². The van der Waals surface area contributed by atoms with Gasteiger partial charge < -0.3 is 14.7 Å². The molecule has 1 atom stereocenters. The van der Waals surface area contributed by atoms with Crippen molar-refractivity contribution in [1.29, 1.82) is 0 Å². The molecule has 0 bridgehead atoms. The number of phenols is 1. The first kappa shape index (κ1) is 16.9. The Kier molecular flexibility index (Phi) is 3.85. The Labute approximate surface area is 163 Å². The summed E-state index contributed by atoms with van der Waals surface area (Å²) in [5.74, 6) is 1.17. The summed E-state index contributed by atoms with van der Waals surface area (Å²) in [5.41, 5.74) is 2.29. The molecule has 1 fully saturated rings. The van der Waals surface area contributed by atoms with Crippen molar-refractivity contribution >= 4 is 17.3 Å². The normalized spacial score (nSPS) is 23.6. The maximum absolute atomic E-state index is 10.4. The lowest BCUT2D eigenvalue weighted by Crippen LogP contribution is -2.58. The number of nitrogens with zero attached hydrogens (tertiary/aromatic N) is 3. The highest BCUT2D eigenvalue weighted by molar-refractivity contribution is 6.31. The third-order valence-electron chi connectivity index (χ3n) is 5.94. The van der Waals surface area contributed by atoms with E-state index < -0.39 is 5.72 Å². The second kappa shape index (κ2) is 6.14. The van der Waals surface area contributed by atoms with Crippen molar-refractivity contribution in [2.24, 2.45) is 5.10 Å². The first-order valence-corrected chi connectivity index (χ1v) is 9.76. The van der Waals surface area contributed by atoms with Gasteiger partial charge in [-0.3, -0.25) is 0 Å². The maximum atomic E-state index is 10.4. The van der Waals surface area contributed by atoms with Crippen molar-refractivity contribution in [1.82, 2.24) is 9.91 Å². The fraction of sp³-hybridized carbons (Fsp3) is 0.381. The fourth-order valence-electron chi connectivity index (χ4n) is 4.43. The molecule has 0 aliphatic carbocycles. The molecule has 6 heteroatoms. The maximum Gasteiger partial charge on any atom is 0.200 e. The van der Waals surface area contributed by atoms with Crippen LogP contribution in [0.25, 0.3) is 0 Å². The van der Waals surface area contributed by atoms with Crippen LogP contribution >= 0.6 is 11.6 Å². The van der Waals surface area contributed by atoms with Crippen LogP contribution in [0.1, 0.15) is 36.4 Å². The highest BCUT2D eigenvalue weighted by Gasteiger charge is 2.51. The van der Waals surface area contributed by atoms with Crippen LogP contribution in [-0.2, 0) is 0 Å². The van der Waals surface area contributed by atoms with Crippen LogP contribution in [0.3, 0.4) is 0 Å². The smallest absolute Gasteiger partial charge is 0.200 e. The largest absolute Gasteiger partial charge is 0.507 e. The van der Waals surface area contributed by atoms with Crippen LogP contribution in [0.4, 0.5) is 0 Å². The van der Waals surface area contributed by atoms with Crippen LogP contribution in [-0.4, -0.2) is 46.6 Å². The van der Waals surface area contributed by atoms with Crippen molar-refractivity contribution in [3.63, 3.8) is 0 Å². The predicted molar refractivity (Wildman–Crippen MR) is 105 cm³/mol. The van der Waals surface area contributed by atoms with Crippen molar-refractivity contribution in [3.05, 3.63) is 58.6 Å².